The van der Waals surface area contributed by atoms with Crippen LogP contribution < -0.4 is 10.5 Å². The van der Waals surface area contributed by atoms with Crippen LogP contribution in [0.3, 0.4) is 0 Å². The topological polar surface area (TPSA) is 38.5 Å². The number of hydrogen-bond acceptors (Lipinski definition) is 3. The van der Waals surface area contributed by atoms with Gasteiger partial charge in [0, 0.05) is 19.6 Å². The van der Waals surface area contributed by atoms with Crippen LogP contribution in [0, 0.1) is 11.8 Å². The number of hydrogen-bond donors (Lipinski definition) is 1. The summed E-state index contributed by atoms with van der Waals surface area (Å²) in [5, 5.41) is 0. The van der Waals surface area contributed by atoms with Gasteiger partial charge in [0.2, 0.25) is 0 Å². The molecule has 0 fully saturated rings. The van der Waals surface area contributed by atoms with E-state index in [4.69, 9.17) is 22.7 Å². The second-order valence-corrected chi connectivity index (χ2v) is 6.82. The molecule has 0 amide bonds. The molecule has 1 aromatic carbocycles. The third kappa shape index (κ3) is 6.02. The second kappa shape index (κ2) is 8.35. The smallest absolute Gasteiger partial charge is 0.129 e. The fourth-order valence-corrected chi connectivity index (χ4v) is 2.70. The molecule has 0 aromatic heterocycles. The number of thiocarbonyl (C=S) groups is 1. The maximum atomic E-state index is 5.71. The maximum Gasteiger partial charge on any atom is 0.129 e. The number of ether oxygens (including phenoxy) is 1. The molecule has 21 heavy (non-hydrogen) atoms. The Labute approximate surface area is 134 Å². The summed E-state index contributed by atoms with van der Waals surface area (Å²) in [4.78, 5) is 2.87. The third-order valence-corrected chi connectivity index (χ3v) is 3.40. The molecule has 2 N–H and O–H groups in total. The van der Waals surface area contributed by atoms with Crippen molar-refractivity contribution in [3.63, 3.8) is 0 Å². The molecule has 118 valence electrons. The van der Waals surface area contributed by atoms with Gasteiger partial charge in [0.1, 0.15) is 10.7 Å². The fraction of sp³-hybridized carbons (Fsp3) is 0.588. The van der Waals surface area contributed by atoms with Crippen LogP contribution in [0.5, 0.6) is 5.75 Å². The highest BCUT2D eigenvalue weighted by molar-refractivity contribution is 7.80. The van der Waals surface area contributed by atoms with E-state index in [0.717, 1.165) is 30.9 Å². The van der Waals surface area contributed by atoms with Crippen LogP contribution in [0.4, 0.5) is 0 Å². The van der Waals surface area contributed by atoms with Gasteiger partial charge in [-0.25, -0.2) is 0 Å². The first-order chi connectivity index (χ1) is 9.83. The Morgan fingerprint density at radius 2 is 1.76 bits per heavy atom. The van der Waals surface area contributed by atoms with Crippen molar-refractivity contribution in [2.24, 2.45) is 17.6 Å². The van der Waals surface area contributed by atoms with Crippen molar-refractivity contribution in [2.75, 3.05) is 20.2 Å². The summed E-state index contributed by atoms with van der Waals surface area (Å²) >= 11 is 5.05. The number of nitrogens with two attached hydrogens (primary N) is 1. The zero-order valence-corrected chi connectivity index (χ0v) is 14.7. The molecule has 0 unspecified atom stereocenters. The first-order valence-electron chi connectivity index (χ1n) is 7.52. The summed E-state index contributed by atoms with van der Waals surface area (Å²) in [6.07, 6.45) is 0. The first-order valence-corrected chi connectivity index (χ1v) is 7.93. The van der Waals surface area contributed by atoms with Gasteiger partial charge >= 0.3 is 0 Å². The number of methoxy groups -OCH3 is 1. The Balaban J connectivity index is 2.90. The molecule has 1 aromatic rings. The maximum absolute atomic E-state index is 5.71. The van der Waals surface area contributed by atoms with Crippen molar-refractivity contribution in [2.45, 2.75) is 34.2 Å². The number of rotatable bonds is 8. The predicted octanol–water partition coefficient (Wildman–Crippen LogP) is 3.44. The van der Waals surface area contributed by atoms with E-state index in [1.807, 2.05) is 12.1 Å². The van der Waals surface area contributed by atoms with Crippen LogP contribution in [-0.4, -0.2) is 30.1 Å². The van der Waals surface area contributed by atoms with Gasteiger partial charge in [0.15, 0.2) is 0 Å². The highest BCUT2D eigenvalue weighted by Crippen LogP contribution is 2.21. The predicted molar refractivity (Wildman–Crippen MR) is 93.8 cm³/mol. The van der Waals surface area contributed by atoms with Crippen molar-refractivity contribution in [1.82, 2.24) is 4.90 Å². The molecule has 0 heterocycles. The van der Waals surface area contributed by atoms with Crippen molar-refractivity contribution in [3.05, 3.63) is 29.3 Å². The molecule has 4 heteroatoms. The van der Waals surface area contributed by atoms with E-state index >= 15 is 0 Å². The van der Waals surface area contributed by atoms with Crippen LogP contribution in [-0.2, 0) is 6.54 Å². The van der Waals surface area contributed by atoms with Crippen molar-refractivity contribution >= 4 is 17.2 Å². The average molecular weight is 308 g/mol. The van der Waals surface area contributed by atoms with Crippen molar-refractivity contribution in [3.8, 4) is 5.75 Å². The highest BCUT2D eigenvalue weighted by Gasteiger charge is 2.12. The van der Waals surface area contributed by atoms with E-state index in [9.17, 15) is 0 Å². The van der Waals surface area contributed by atoms with Gasteiger partial charge in [0.25, 0.3) is 0 Å². The molecule has 0 bridgehead atoms. The van der Waals surface area contributed by atoms with E-state index in [1.54, 1.807) is 7.11 Å². The molecule has 1 rings (SSSR count). The van der Waals surface area contributed by atoms with Crippen LogP contribution in [0.2, 0.25) is 0 Å². The van der Waals surface area contributed by atoms with Crippen LogP contribution in [0.15, 0.2) is 18.2 Å². The molecule has 0 atom stereocenters. The lowest BCUT2D eigenvalue weighted by molar-refractivity contribution is 0.211. The van der Waals surface area contributed by atoms with E-state index in [0.29, 0.717) is 16.8 Å². The molecular formula is C17H28N2OS. The average Bonchev–Trinajstić information content (AvgIpc) is 2.36. The first kappa shape index (κ1) is 17.9. The summed E-state index contributed by atoms with van der Waals surface area (Å²) in [7, 11) is 1.65. The summed E-state index contributed by atoms with van der Waals surface area (Å²) in [5.74, 6) is 2.07. The SMILES string of the molecule is COc1cc(CN(CC(C)C)CC(C)C)ccc1C(N)=S. The number of nitrogens with zero attached hydrogens (tertiary/aromatic N) is 1. The van der Waals surface area contributed by atoms with E-state index < -0.39 is 0 Å². The highest BCUT2D eigenvalue weighted by atomic mass is 32.1. The molecule has 0 aliphatic heterocycles. The molecule has 0 aliphatic rings. The van der Waals surface area contributed by atoms with Gasteiger partial charge in [0.05, 0.1) is 12.7 Å². The largest absolute Gasteiger partial charge is 0.496 e. The summed E-state index contributed by atoms with van der Waals surface area (Å²) in [6.45, 7) is 12.1. The summed E-state index contributed by atoms with van der Waals surface area (Å²) < 4.78 is 5.41. The standard InChI is InChI=1S/C17H28N2OS/c1-12(2)9-19(10-13(3)4)11-14-6-7-15(17(18)21)16(8-14)20-5/h6-8,12-13H,9-11H2,1-5H3,(H2,18,21). The van der Waals surface area contributed by atoms with Gasteiger partial charge in [-0.05, 0) is 29.5 Å². The van der Waals surface area contributed by atoms with Crippen LogP contribution >= 0.6 is 12.2 Å². The lowest BCUT2D eigenvalue weighted by Gasteiger charge is -2.26. The monoisotopic (exact) mass is 308 g/mol. The minimum atomic E-state index is 0.375. The Morgan fingerprint density at radius 3 is 2.19 bits per heavy atom. The van der Waals surface area contributed by atoms with Crippen LogP contribution in [0.1, 0.15) is 38.8 Å². The molecule has 0 spiro atoms. The Hall–Kier alpha value is -1.13. The van der Waals surface area contributed by atoms with Gasteiger partial charge < -0.3 is 10.5 Å². The Kier molecular flexibility index (Phi) is 7.12. The molecule has 0 aliphatic carbocycles. The quantitative estimate of drug-likeness (QED) is 0.747. The molecule has 3 nitrogen and oxygen atoms in total. The summed E-state index contributed by atoms with van der Waals surface area (Å²) in [5.41, 5.74) is 7.75. The minimum Gasteiger partial charge on any atom is -0.496 e. The normalized spacial score (nSPS) is 11.4. The van der Waals surface area contributed by atoms with Gasteiger partial charge in [-0.15, -0.1) is 0 Å². The zero-order chi connectivity index (χ0) is 16.0. The Bertz CT molecular complexity index is 462. The van der Waals surface area contributed by atoms with Crippen molar-refractivity contribution in [1.29, 1.82) is 0 Å². The minimum absolute atomic E-state index is 0.375. The molecule has 0 saturated heterocycles. The van der Waals surface area contributed by atoms with Crippen LogP contribution in [0.25, 0.3) is 0 Å². The molecule has 0 saturated carbocycles. The van der Waals surface area contributed by atoms with E-state index in [2.05, 4.69) is 38.7 Å². The zero-order valence-electron chi connectivity index (χ0n) is 13.8. The fourth-order valence-electron chi connectivity index (χ4n) is 2.53. The number of benzene rings is 1. The third-order valence-electron chi connectivity index (χ3n) is 3.18. The molecular weight excluding hydrogens is 280 g/mol. The van der Waals surface area contributed by atoms with Crippen molar-refractivity contribution < 1.29 is 4.74 Å². The van der Waals surface area contributed by atoms with Gasteiger partial charge in [-0.2, -0.15) is 0 Å². The van der Waals surface area contributed by atoms with Gasteiger partial charge in [-0.3, -0.25) is 4.90 Å². The Morgan fingerprint density at radius 1 is 1.19 bits per heavy atom. The molecule has 0 radical (unpaired) electrons. The van der Waals surface area contributed by atoms with Gasteiger partial charge in [-0.1, -0.05) is 46.0 Å². The lowest BCUT2D eigenvalue weighted by Crippen LogP contribution is -2.31. The lowest BCUT2D eigenvalue weighted by atomic mass is 10.1. The van der Waals surface area contributed by atoms with E-state index in [-0.39, 0.29) is 0 Å². The van der Waals surface area contributed by atoms with E-state index in [1.165, 1.54) is 5.56 Å². The summed E-state index contributed by atoms with van der Waals surface area (Å²) in [6, 6.07) is 6.09. The second-order valence-electron chi connectivity index (χ2n) is 6.38.